The van der Waals surface area contributed by atoms with E-state index in [4.69, 9.17) is 17.3 Å². The SMILES string of the molecule is C=C(Nc1ccc(C(=O)Nc2ccc(C)cc2)cc1N)Nc1cc(CNC(=O)C2(C(F)(F)F)CC2)ccc1Cl. The van der Waals surface area contributed by atoms with Crippen molar-refractivity contribution in [3.8, 4) is 0 Å². The second kappa shape index (κ2) is 10.9. The Balaban J connectivity index is 1.36. The van der Waals surface area contributed by atoms with Crippen LogP contribution in [0.5, 0.6) is 0 Å². The number of nitrogens with two attached hydrogens (primary N) is 1. The highest BCUT2D eigenvalue weighted by Crippen LogP contribution is 2.57. The fourth-order valence-electron chi connectivity index (χ4n) is 3.91. The van der Waals surface area contributed by atoms with Crippen molar-refractivity contribution in [1.82, 2.24) is 5.32 Å². The zero-order chi connectivity index (χ0) is 28.4. The highest BCUT2D eigenvalue weighted by atomic mass is 35.5. The highest BCUT2D eigenvalue weighted by molar-refractivity contribution is 6.33. The molecule has 0 saturated heterocycles. The number of amides is 2. The minimum absolute atomic E-state index is 0.0958. The number of hydrogen-bond acceptors (Lipinski definition) is 5. The van der Waals surface area contributed by atoms with E-state index in [1.54, 1.807) is 30.3 Å². The summed E-state index contributed by atoms with van der Waals surface area (Å²) in [6.07, 6.45) is -4.98. The smallest absolute Gasteiger partial charge is 0.397 e. The third-order valence-electron chi connectivity index (χ3n) is 6.41. The van der Waals surface area contributed by atoms with E-state index in [-0.39, 0.29) is 25.3 Å². The summed E-state index contributed by atoms with van der Waals surface area (Å²) < 4.78 is 39.5. The van der Waals surface area contributed by atoms with Crippen LogP contribution >= 0.6 is 11.6 Å². The maximum Gasteiger partial charge on any atom is 0.403 e. The molecule has 1 aliphatic rings. The lowest BCUT2D eigenvalue weighted by molar-refractivity contribution is -0.192. The predicted octanol–water partition coefficient (Wildman–Crippen LogP) is 6.44. The maximum absolute atomic E-state index is 13.2. The van der Waals surface area contributed by atoms with Crippen LogP contribution in [0.2, 0.25) is 5.02 Å². The molecule has 0 heterocycles. The van der Waals surface area contributed by atoms with Gasteiger partial charge in [-0.2, -0.15) is 13.2 Å². The molecule has 3 aromatic carbocycles. The molecule has 0 unspecified atom stereocenters. The Bertz CT molecular complexity index is 1420. The second-order valence-corrected chi connectivity index (χ2v) is 9.83. The van der Waals surface area contributed by atoms with E-state index in [0.29, 0.717) is 44.7 Å². The van der Waals surface area contributed by atoms with E-state index >= 15 is 0 Å². The molecule has 0 bridgehead atoms. The molecule has 2 amide bonds. The van der Waals surface area contributed by atoms with Crippen LogP contribution < -0.4 is 27.0 Å². The number of carbonyl (C=O) groups is 2. The fraction of sp³-hybridized carbons (Fsp3) is 0.214. The van der Waals surface area contributed by atoms with Crippen molar-refractivity contribution < 1.29 is 22.8 Å². The van der Waals surface area contributed by atoms with Gasteiger partial charge in [-0.25, -0.2) is 0 Å². The zero-order valence-corrected chi connectivity index (χ0v) is 21.8. The number of hydrogen-bond donors (Lipinski definition) is 5. The molecule has 204 valence electrons. The average molecular weight is 558 g/mol. The summed E-state index contributed by atoms with van der Waals surface area (Å²) in [6, 6.07) is 16.9. The van der Waals surface area contributed by atoms with E-state index in [1.165, 1.54) is 6.07 Å². The first kappa shape index (κ1) is 27.8. The quantitative estimate of drug-likeness (QED) is 0.195. The molecule has 0 aromatic heterocycles. The summed E-state index contributed by atoms with van der Waals surface area (Å²) in [7, 11) is 0. The van der Waals surface area contributed by atoms with Crippen LogP contribution in [0, 0.1) is 12.3 Å². The van der Waals surface area contributed by atoms with Crippen LogP contribution in [-0.2, 0) is 11.3 Å². The molecular weight excluding hydrogens is 531 g/mol. The van der Waals surface area contributed by atoms with Gasteiger partial charge in [-0.1, -0.05) is 41.9 Å². The first-order valence-electron chi connectivity index (χ1n) is 12.0. The van der Waals surface area contributed by atoms with Gasteiger partial charge in [0.25, 0.3) is 5.91 Å². The minimum atomic E-state index is -4.57. The van der Waals surface area contributed by atoms with E-state index in [1.807, 2.05) is 31.2 Å². The normalized spacial score (nSPS) is 13.8. The van der Waals surface area contributed by atoms with Crippen LogP contribution in [0.15, 0.2) is 73.1 Å². The predicted molar refractivity (Wildman–Crippen MR) is 147 cm³/mol. The first-order chi connectivity index (χ1) is 18.4. The van der Waals surface area contributed by atoms with E-state index in [9.17, 15) is 22.8 Å². The second-order valence-electron chi connectivity index (χ2n) is 9.43. The molecule has 11 heteroatoms. The van der Waals surface area contributed by atoms with Crippen molar-refractivity contribution in [3.63, 3.8) is 0 Å². The molecule has 7 nitrogen and oxygen atoms in total. The zero-order valence-electron chi connectivity index (χ0n) is 21.0. The molecule has 6 N–H and O–H groups in total. The maximum atomic E-state index is 13.2. The Hall–Kier alpha value is -4.18. The summed E-state index contributed by atoms with van der Waals surface area (Å²) >= 11 is 6.27. The monoisotopic (exact) mass is 557 g/mol. The van der Waals surface area contributed by atoms with Gasteiger partial charge in [0.1, 0.15) is 11.2 Å². The minimum Gasteiger partial charge on any atom is -0.397 e. The van der Waals surface area contributed by atoms with Crippen LogP contribution in [0.25, 0.3) is 0 Å². The van der Waals surface area contributed by atoms with E-state index in [0.717, 1.165) is 5.56 Å². The molecule has 4 rings (SSSR count). The summed E-state index contributed by atoms with van der Waals surface area (Å²) in [5.41, 5.74) is 7.73. The highest BCUT2D eigenvalue weighted by Gasteiger charge is 2.68. The molecule has 1 saturated carbocycles. The fourth-order valence-corrected chi connectivity index (χ4v) is 4.07. The Kier molecular flexibility index (Phi) is 7.78. The van der Waals surface area contributed by atoms with Gasteiger partial charge in [-0.15, -0.1) is 0 Å². The third kappa shape index (κ3) is 6.46. The van der Waals surface area contributed by atoms with Crippen molar-refractivity contribution in [2.75, 3.05) is 21.7 Å². The third-order valence-corrected chi connectivity index (χ3v) is 6.74. The molecule has 1 aliphatic carbocycles. The molecule has 0 radical (unpaired) electrons. The largest absolute Gasteiger partial charge is 0.403 e. The Morgan fingerprint density at radius 3 is 2.26 bits per heavy atom. The van der Waals surface area contributed by atoms with Gasteiger partial charge in [0.15, 0.2) is 0 Å². The standard InChI is InChI=1S/C28H27ClF3N5O2/c1-16-3-7-20(8-4-16)37-25(38)19-6-10-23(22(33)14-19)35-17(2)36-24-13-18(5-9-21(24)29)15-34-26(39)27(11-12-27)28(30,31)32/h3-10,13-14,35-36H,2,11-12,15,33H2,1H3,(H,34,39)(H,37,38). The lowest BCUT2D eigenvalue weighted by atomic mass is 10.1. The van der Waals surface area contributed by atoms with Crippen LogP contribution in [0.4, 0.5) is 35.9 Å². The lowest BCUT2D eigenvalue weighted by Crippen LogP contribution is -2.40. The number of aryl methyl sites for hydroxylation is 1. The molecule has 39 heavy (non-hydrogen) atoms. The van der Waals surface area contributed by atoms with Crippen LogP contribution in [-0.4, -0.2) is 18.0 Å². The van der Waals surface area contributed by atoms with Gasteiger partial charge in [0.2, 0.25) is 5.91 Å². The number of nitrogens with one attached hydrogen (secondary N) is 4. The molecule has 0 aliphatic heterocycles. The van der Waals surface area contributed by atoms with Gasteiger partial charge in [-0.3, -0.25) is 9.59 Å². The summed E-state index contributed by atoms with van der Waals surface area (Å²) in [5.74, 6) is -1.04. The van der Waals surface area contributed by atoms with Crippen LogP contribution in [0.3, 0.4) is 0 Å². The molecule has 0 atom stereocenters. The van der Waals surface area contributed by atoms with Gasteiger partial charge < -0.3 is 27.0 Å². The molecule has 0 spiro atoms. The number of carbonyl (C=O) groups excluding carboxylic acids is 2. The number of rotatable bonds is 9. The number of anilines is 4. The topological polar surface area (TPSA) is 108 Å². The Morgan fingerprint density at radius 2 is 1.64 bits per heavy atom. The van der Waals surface area contributed by atoms with Crippen molar-refractivity contribution in [3.05, 3.63) is 94.8 Å². The Labute approximate surface area is 228 Å². The molecule has 1 fully saturated rings. The van der Waals surface area contributed by atoms with Crippen molar-refractivity contribution in [2.24, 2.45) is 5.41 Å². The van der Waals surface area contributed by atoms with Gasteiger partial charge in [0, 0.05) is 17.8 Å². The summed E-state index contributed by atoms with van der Waals surface area (Å²) in [4.78, 5) is 24.7. The Morgan fingerprint density at radius 1 is 0.974 bits per heavy atom. The average Bonchev–Trinajstić information content (AvgIpc) is 3.69. The number of benzene rings is 3. The van der Waals surface area contributed by atoms with Gasteiger partial charge >= 0.3 is 6.18 Å². The first-order valence-corrected chi connectivity index (χ1v) is 12.4. The van der Waals surface area contributed by atoms with Crippen molar-refractivity contribution in [2.45, 2.75) is 32.5 Å². The van der Waals surface area contributed by atoms with E-state index < -0.39 is 17.5 Å². The molecule has 3 aromatic rings. The molecular formula is C28H27ClF3N5O2. The summed E-state index contributed by atoms with van der Waals surface area (Å²) in [6.45, 7) is 5.77. The number of halogens is 4. The van der Waals surface area contributed by atoms with E-state index in [2.05, 4.69) is 27.8 Å². The number of nitrogen functional groups attached to an aromatic ring is 1. The van der Waals surface area contributed by atoms with Gasteiger partial charge in [-0.05, 0) is 67.8 Å². The summed E-state index contributed by atoms with van der Waals surface area (Å²) in [5, 5.41) is 11.5. The number of alkyl halides is 3. The van der Waals surface area contributed by atoms with Crippen LogP contribution in [0.1, 0.15) is 34.3 Å². The van der Waals surface area contributed by atoms with Crippen molar-refractivity contribution >= 4 is 46.2 Å². The van der Waals surface area contributed by atoms with Gasteiger partial charge in [0.05, 0.1) is 22.1 Å². The lowest BCUT2D eigenvalue weighted by Gasteiger charge is -2.19. The van der Waals surface area contributed by atoms with Crippen molar-refractivity contribution in [1.29, 1.82) is 0 Å².